The number of anilines is 1. The molecule has 1 aliphatic carbocycles. The van der Waals surface area contributed by atoms with Crippen molar-refractivity contribution in [2.75, 3.05) is 11.9 Å². The average Bonchev–Trinajstić information content (AvgIpc) is 3.14. The quantitative estimate of drug-likeness (QED) is 0.880. The van der Waals surface area contributed by atoms with Gasteiger partial charge < -0.3 is 14.6 Å². The molecule has 0 spiro atoms. The van der Waals surface area contributed by atoms with E-state index in [0.29, 0.717) is 30.5 Å². The molecule has 2 aromatic rings. The van der Waals surface area contributed by atoms with Gasteiger partial charge >= 0.3 is 0 Å². The minimum Gasteiger partial charge on any atom is -0.472 e. The normalized spacial score (nSPS) is 14.5. The Labute approximate surface area is 117 Å². The second-order valence-electron chi connectivity index (χ2n) is 5.25. The van der Waals surface area contributed by atoms with Crippen molar-refractivity contribution in [3.05, 3.63) is 47.8 Å². The van der Waals surface area contributed by atoms with Gasteiger partial charge in [0.1, 0.15) is 0 Å². The summed E-state index contributed by atoms with van der Waals surface area (Å²) in [6, 6.07) is 4.17. The second kappa shape index (κ2) is 5.63. The van der Waals surface area contributed by atoms with Crippen LogP contribution in [0.15, 0.2) is 35.3 Å². The van der Waals surface area contributed by atoms with Crippen LogP contribution in [0.1, 0.15) is 24.0 Å². The molecule has 0 unspecified atom stereocenters. The molecule has 1 aliphatic rings. The third kappa shape index (κ3) is 2.99. The molecule has 5 heteroatoms. The van der Waals surface area contributed by atoms with Gasteiger partial charge in [-0.2, -0.15) is 0 Å². The number of halogens is 1. The summed E-state index contributed by atoms with van der Waals surface area (Å²) >= 11 is 0. The molecule has 4 nitrogen and oxygen atoms in total. The molecule has 1 fully saturated rings. The summed E-state index contributed by atoms with van der Waals surface area (Å²) in [6.07, 6.45) is 7.32. The van der Waals surface area contributed by atoms with Crippen LogP contribution >= 0.6 is 0 Å². The molecular formula is C15H18FN3O. The Morgan fingerprint density at radius 3 is 3.00 bits per heavy atom. The van der Waals surface area contributed by atoms with E-state index in [-0.39, 0.29) is 5.82 Å². The van der Waals surface area contributed by atoms with Crippen LogP contribution in [0.3, 0.4) is 0 Å². The van der Waals surface area contributed by atoms with Gasteiger partial charge in [0.25, 0.3) is 0 Å². The highest BCUT2D eigenvalue weighted by atomic mass is 19.1. The van der Waals surface area contributed by atoms with E-state index < -0.39 is 0 Å². The number of hydrogen-bond acceptors (Lipinski definition) is 4. The van der Waals surface area contributed by atoms with Crippen LogP contribution in [0.4, 0.5) is 10.2 Å². The van der Waals surface area contributed by atoms with Crippen molar-refractivity contribution in [3.8, 4) is 0 Å². The van der Waals surface area contributed by atoms with Gasteiger partial charge in [0, 0.05) is 43.5 Å². The molecule has 0 saturated heterocycles. The SMILES string of the molecule is CN(Cc1ccoc1)c1nccc(CNC2CC2)c1F. The molecule has 1 N–H and O–H groups in total. The molecule has 0 aliphatic heterocycles. The zero-order chi connectivity index (χ0) is 13.9. The van der Waals surface area contributed by atoms with E-state index in [9.17, 15) is 4.39 Å². The van der Waals surface area contributed by atoms with E-state index in [0.717, 1.165) is 5.56 Å². The molecule has 0 bridgehead atoms. The average molecular weight is 275 g/mol. The van der Waals surface area contributed by atoms with Crippen molar-refractivity contribution >= 4 is 5.82 Å². The first-order valence-corrected chi connectivity index (χ1v) is 6.83. The second-order valence-corrected chi connectivity index (χ2v) is 5.25. The topological polar surface area (TPSA) is 41.3 Å². The number of aromatic nitrogens is 1. The fourth-order valence-corrected chi connectivity index (χ4v) is 2.15. The first-order chi connectivity index (χ1) is 9.74. The van der Waals surface area contributed by atoms with Crippen LogP contribution in [0.25, 0.3) is 0 Å². The highest BCUT2D eigenvalue weighted by Crippen LogP contribution is 2.23. The van der Waals surface area contributed by atoms with Crippen molar-refractivity contribution in [3.63, 3.8) is 0 Å². The summed E-state index contributed by atoms with van der Waals surface area (Å²) in [5.41, 5.74) is 1.66. The Morgan fingerprint density at radius 1 is 1.45 bits per heavy atom. The third-order valence-corrected chi connectivity index (χ3v) is 3.47. The van der Waals surface area contributed by atoms with E-state index in [1.165, 1.54) is 12.8 Å². The standard InChI is InChI=1S/C15H18FN3O/c1-19(9-11-5-7-20-10-11)15-14(16)12(4-6-17-15)8-18-13-2-3-13/h4-7,10,13,18H,2-3,8-9H2,1H3. The lowest BCUT2D eigenvalue weighted by Gasteiger charge is -2.19. The van der Waals surface area contributed by atoms with Crippen molar-refractivity contribution in [1.29, 1.82) is 0 Å². The van der Waals surface area contributed by atoms with Crippen LogP contribution in [0.5, 0.6) is 0 Å². The Balaban J connectivity index is 1.72. The Hall–Kier alpha value is -1.88. The van der Waals surface area contributed by atoms with Crippen LogP contribution in [-0.2, 0) is 13.1 Å². The van der Waals surface area contributed by atoms with E-state index in [1.54, 1.807) is 29.7 Å². The first-order valence-electron chi connectivity index (χ1n) is 6.83. The number of hydrogen-bond donors (Lipinski definition) is 1. The van der Waals surface area contributed by atoms with Crippen molar-refractivity contribution in [2.45, 2.75) is 32.0 Å². The van der Waals surface area contributed by atoms with Crippen LogP contribution in [0, 0.1) is 5.82 Å². The molecule has 2 aromatic heterocycles. The molecule has 106 valence electrons. The van der Waals surface area contributed by atoms with Gasteiger partial charge in [-0.05, 0) is 25.0 Å². The molecule has 3 rings (SSSR count). The van der Waals surface area contributed by atoms with Gasteiger partial charge in [-0.25, -0.2) is 9.37 Å². The van der Waals surface area contributed by atoms with Crippen LogP contribution in [0.2, 0.25) is 0 Å². The summed E-state index contributed by atoms with van der Waals surface area (Å²) in [6.45, 7) is 1.13. The fraction of sp³-hybridized carbons (Fsp3) is 0.400. The minimum atomic E-state index is -0.244. The molecule has 0 atom stereocenters. The Kier molecular flexibility index (Phi) is 3.69. The third-order valence-electron chi connectivity index (χ3n) is 3.47. The monoisotopic (exact) mass is 275 g/mol. The highest BCUT2D eigenvalue weighted by molar-refractivity contribution is 5.43. The van der Waals surface area contributed by atoms with Gasteiger partial charge in [0.05, 0.1) is 12.5 Å². The maximum Gasteiger partial charge on any atom is 0.170 e. The number of furan rings is 1. The summed E-state index contributed by atoms with van der Waals surface area (Å²) in [4.78, 5) is 5.95. The number of rotatable bonds is 6. The van der Waals surface area contributed by atoms with Gasteiger partial charge in [-0.1, -0.05) is 0 Å². The van der Waals surface area contributed by atoms with Crippen molar-refractivity contribution in [1.82, 2.24) is 10.3 Å². The minimum absolute atomic E-state index is 0.244. The van der Waals surface area contributed by atoms with Crippen molar-refractivity contribution < 1.29 is 8.81 Å². The smallest absolute Gasteiger partial charge is 0.170 e. The number of pyridine rings is 1. The first kappa shape index (κ1) is 13.1. The fourth-order valence-electron chi connectivity index (χ4n) is 2.15. The number of nitrogens with zero attached hydrogens (tertiary/aromatic N) is 2. The lowest BCUT2D eigenvalue weighted by molar-refractivity contribution is 0.561. The summed E-state index contributed by atoms with van der Waals surface area (Å²) < 4.78 is 19.5. The Bertz CT molecular complexity index is 567. The molecule has 2 heterocycles. The summed E-state index contributed by atoms with van der Waals surface area (Å²) in [7, 11) is 1.83. The largest absolute Gasteiger partial charge is 0.472 e. The predicted octanol–water partition coefficient (Wildman–Crippen LogP) is 2.70. The Morgan fingerprint density at radius 2 is 2.30 bits per heavy atom. The zero-order valence-electron chi connectivity index (χ0n) is 11.5. The lowest BCUT2D eigenvalue weighted by Crippen LogP contribution is -2.21. The van der Waals surface area contributed by atoms with Crippen LogP contribution in [-0.4, -0.2) is 18.1 Å². The van der Waals surface area contributed by atoms with E-state index >= 15 is 0 Å². The maximum atomic E-state index is 14.5. The van der Waals surface area contributed by atoms with E-state index in [2.05, 4.69) is 10.3 Å². The highest BCUT2D eigenvalue weighted by Gasteiger charge is 2.21. The van der Waals surface area contributed by atoms with Gasteiger partial charge in [0.15, 0.2) is 11.6 Å². The van der Waals surface area contributed by atoms with E-state index in [1.807, 2.05) is 13.1 Å². The molecule has 20 heavy (non-hydrogen) atoms. The zero-order valence-corrected chi connectivity index (χ0v) is 11.5. The summed E-state index contributed by atoms with van der Waals surface area (Å²) in [5, 5.41) is 3.32. The molecule has 0 aromatic carbocycles. The van der Waals surface area contributed by atoms with Gasteiger partial charge in [0.2, 0.25) is 0 Å². The number of nitrogens with one attached hydrogen (secondary N) is 1. The molecule has 1 saturated carbocycles. The molecular weight excluding hydrogens is 257 g/mol. The van der Waals surface area contributed by atoms with E-state index in [4.69, 9.17) is 4.42 Å². The van der Waals surface area contributed by atoms with Crippen molar-refractivity contribution in [2.24, 2.45) is 0 Å². The summed E-state index contributed by atoms with van der Waals surface area (Å²) in [5.74, 6) is 0.132. The predicted molar refractivity (Wildman–Crippen MR) is 74.9 cm³/mol. The van der Waals surface area contributed by atoms with Gasteiger partial charge in [-0.15, -0.1) is 0 Å². The maximum absolute atomic E-state index is 14.5. The molecule has 0 radical (unpaired) electrons. The van der Waals surface area contributed by atoms with Gasteiger partial charge in [-0.3, -0.25) is 0 Å². The lowest BCUT2D eigenvalue weighted by atomic mass is 10.2. The van der Waals surface area contributed by atoms with Crippen LogP contribution < -0.4 is 10.2 Å². The molecule has 0 amide bonds.